The Hall–Kier alpha value is -2.49. The van der Waals surface area contributed by atoms with Crippen molar-refractivity contribution in [2.24, 2.45) is 4.99 Å². The minimum Gasteiger partial charge on any atom is -0.493 e. The summed E-state index contributed by atoms with van der Waals surface area (Å²) in [5, 5.41) is 5.18. The van der Waals surface area contributed by atoms with Crippen LogP contribution in [0.25, 0.3) is 0 Å². The molecule has 0 spiro atoms. The summed E-state index contributed by atoms with van der Waals surface area (Å²) in [5.41, 5.74) is 3.97. The van der Waals surface area contributed by atoms with E-state index in [-0.39, 0.29) is 11.5 Å². The van der Waals surface area contributed by atoms with Crippen molar-refractivity contribution in [3.8, 4) is 5.75 Å². The molecule has 178 valence electrons. The number of halogens is 2. The van der Waals surface area contributed by atoms with E-state index in [1.54, 1.807) is 0 Å². The van der Waals surface area contributed by atoms with Crippen LogP contribution in [0.15, 0.2) is 71.7 Å². The van der Waals surface area contributed by atoms with Crippen molar-refractivity contribution in [1.29, 1.82) is 0 Å². The van der Waals surface area contributed by atoms with Crippen LogP contribution in [0.5, 0.6) is 5.75 Å². The van der Waals surface area contributed by atoms with Gasteiger partial charge in [0.25, 0.3) is 0 Å². The molecule has 1 N–H and O–H groups in total. The van der Waals surface area contributed by atoms with Crippen LogP contribution in [-0.2, 0) is 11.0 Å². The Morgan fingerprint density at radius 1 is 0.912 bits per heavy atom. The minimum absolute atomic E-state index is 0.0254. The fourth-order valence-corrected chi connectivity index (χ4v) is 4.87. The van der Waals surface area contributed by atoms with Gasteiger partial charge in [0.15, 0.2) is 0 Å². The lowest BCUT2D eigenvalue weighted by atomic mass is 9.79. The quantitative estimate of drug-likeness (QED) is 0.375. The maximum Gasteiger partial charge on any atom is 0.133 e. The molecular formula is C29H32Cl2N2O. The van der Waals surface area contributed by atoms with Gasteiger partial charge in [-0.25, -0.2) is 0 Å². The van der Waals surface area contributed by atoms with Crippen molar-refractivity contribution in [1.82, 2.24) is 5.32 Å². The number of aliphatic imine (C=N–C) groups is 1. The maximum absolute atomic E-state index is 6.23. The van der Waals surface area contributed by atoms with E-state index in [0.29, 0.717) is 16.7 Å². The van der Waals surface area contributed by atoms with Crippen LogP contribution < -0.4 is 10.1 Å². The first kappa shape index (κ1) is 24.6. The van der Waals surface area contributed by atoms with E-state index in [2.05, 4.69) is 75.5 Å². The fraction of sp³-hybridized carbons (Fsp3) is 0.345. The Morgan fingerprint density at radius 2 is 1.53 bits per heavy atom. The summed E-state index contributed by atoms with van der Waals surface area (Å²) in [6, 6.07) is 22.4. The van der Waals surface area contributed by atoms with Gasteiger partial charge in [-0.3, -0.25) is 4.99 Å². The van der Waals surface area contributed by atoms with Crippen molar-refractivity contribution in [2.75, 3.05) is 6.61 Å². The number of rotatable bonds is 6. The second-order valence-electron chi connectivity index (χ2n) is 9.77. The van der Waals surface area contributed by atoms with Crippen LogP contribution in [0.4, 0.5) is 0 Å². The second kappa shape index (κ2) is 9.64. The van der Waals surface area contributed by atoms with Gasteiger partial charge in [-0.1, -0.05) is 81.2 Å². The number of hydrogen-bond donors (Lipinski definition) is 1. The SMILES string of the molecule is CCOc1cc(C(C)(C)C)ccc1C1=N[C@@](CC)(c2ccc(Cl)cc2)[C@@H](c2ccc(Cl)cc2)N1. The van der Waals surface area contributed by atoms with E-state index in [1.165, 1.54) is 5.56 Å². The summed E-state index contributed by atoms with van der Waals surface area (Å²) in [4.78, 5) is 5.37. The Bertz CT molecular complexity index is 1180. The van der Waals surface area contributed by atoms with Crippen molar-refractivity contribution in [2.45, 2.75) is 58.0 Å². The third-order valence-corrected chi connectivity index (χ3v) is 7.06. The first-order valence-electron chi connectivity index (χ1n) is 11.8. The molecule has 0 aliphatic carbocycles. The number of ether oxygens (including phenoxy) is 1. The molecular weight excluding hydrogens is 463 g/mol. The first-order valence-corrected chi connectivity index (χ1v) is 12.6. The Labute approximate surface area is 213 Å². The molecule has 34 heavy (non-hydrogen) atoms. The standard InChI is InChI=1S/C29H32Cl2N2O/c1-6-29(20-10-15-23(31)16-11-20)26(19-8-13-22(30)14-9-19)32-27(33-29)24-17-12-21(28(3,4)5)18-25(24)34-7-2/h8-18,26H,6-7H2,1-5H3,(H,32,33)/t26-,29+/m1/s1. The van der Waals surface area contributed by atoms with Gasteiger partial charge >= 0.3 is 0 Å². The highest BCUT2D eigenvalue weighted by molar-refractivity contribution is 6.30. The van der Waals surface area contributed by atoms with Crippen LogP contribution in [0.2, 0.25) is 10.0 Å². The van der Waals surface area contributed by atoms with Gasteiger partial charge in [-0.15, -0.1) is 0 Å². The lowest BCUT2D eigenvalue weighted by Crippen LogP contribution is -2.35. The molecule has 3 nitrogen and oxygen atoms in total. The van der Waals surface area contributed by atoms with Crippen molar-refractivity contribution in [3.05, 3.63) is 99.0 Å². The summed E-state index contributed by atoms with van der Waals surface area (Å²) in [6.07, 6.45) is 0.808. The average Bonchev–Trinajstić information content (AvgIpc) is 3.20. The summed E-state index contributed by atoms with van der Waals surface area (Å²) in [7, 11) is 0. The molecule has 0 aromatic heterocycles. The van der Waals surface area contributed by atoms with Crippen molar-refractivity contribution in [3.63, 3.8) is 0 Å². The largest absolute Gasteiger partial charge is 0.493 e. The van der Waals surface area contributed by atoms with E-state index in [0.717, 1.165) is 34.7 Å². The van der Waals surface area contributed by atoms with Gasteiger partial charge in [0, 0.05) is 10.0 Å². The van der Waals surface area contributed by atoms with Crippen LogP contribution >= 0.6 is 23.2 Å². The smallest absolute Gasteiger partial charge is 0.133 e. The summed E-state index contributed by atoms with van der Waals surface area (Å²) in [6.45, 7) is 11.4. The zero-order chi connectivity index (χ0) is 24.5. The maximum atomic E-state index is 6.23. The highest BCUT2D eigenvalue weighted by atomic mass is 35.5. The molecule has 3 aromatic rings. The van der Waals surface area contributed by atoms with E-state index in [9.17, 15) is 0 Å². The van der Waals surface area contributed by atoms with Gasteiger partial charge in [0.05, 0.1) is 18.2 Å². The lowest BCUT2D eigenvalue weighted by Gasteiger charge is -2.33. The molecule has 5 heteroatoms. The third kappa shape index (κ3) is 4.69. The Morgan fingerprint density at radius 3 is 2.09 bits per heavy atom. The number of nitrogens with one attached hydrogen (secondary N) is 1. The number of amidine groups is 1. The molecule has 0 amide bonds. The van der Waals surface area contributed by atoms with Gasteiger partial charge in [-0.05, 0) is 71.8 Å². The highest BCUT2D eigenvalue weighted by Gasteiger charge is 2.45. The Kier molecular flexibility index (Phi) is 6.98. The molecule has 0 saturated carbocycles. The minimum atomic E-state index is -0.500. The molecule has 0 bridgehead atoms. The molecule has 2 atom stereocenters. The summed E-state index contributed by atoms with van der Waals surface area (Å²) in [5.74, 6) is 1.68. The zero-order valence-electron chi connectivity index (χ0n) is 20.5. The summed E-state index contributed by atoms with van der Waals surface area (Å²) >= 11 is 12.4. The molecule has 0 unspecified atom stereocenters. The average molecular weight is 495 g/mol. The van der Waals surface area contributed by atoms with E-state index >= 15 is 0 Å². The highest BCUT2D eigenvalue weighted by Crippen LogP contribution is 2.46. The van der Waals surface area contributed by atoms with E-state index in [4.69, 9.17) is 32.9 Å². The van der Waals surface area contributed by atoms with Gasteiger partial charge < -0.3 is 10.1 Å². The number of benzene rings is 3. The Balaban J connectivity index is 1.88. The van der Waals surface area contributed by atoms with Crippen LogP contribution in [0.1, 0.15) is 69.3 Å². The molecule has 0 saturated heterocycles. The van der Waals surface area contributed by atoms with E-state index < -0.39 is 5.54 Å². The summed E-state index contributed by atoms with van der Waals surface area (Å²) < 4.78 is 6.11. The van der Waals surface area contributed by atoms with Crippen LogP contribution in [0.3, 0.4) is 0 Å². The van der Waals surface area contributed by atoms with Crippen LogP contribution in [0, 0.1) is 0 Å². The van der Waals surface area contributed by atoms with Crippen molar-refractivity contribution >= 4 is 29.0 Å². The van der Waals surface area contributed by atoms with Crippen LogP contribution in [-0.4, -0.2) is 12.4 Å². The monoisotopic (exact) mass is 494 g/mol. The normalized spacial score (nSPS) is 20.1. The predicted octanol–water partition coefficient (Wildman–Crippen LogP) is 8.09. The molecule has 1 heterocycles. The molecule has 1 aliphatic heterocycles. The van der Waals surface area contributed by atoms with E-state index in [1.807, 2.05) is 31.2 Å². The molecule has 0 radical (unpaired) electrons. The van der Waals surface area contributed by atoms with Crippen molar-refractivity contribution < 1.29 is 4.74 Å². The molecule has 4 rings (SSSR count). The zero-order valence-corrected chi connectivity index (χ0v) is 22.0. The topological polar surface area (TPSA) is 33.6 Å². The van der Waals surface area contributed by atoms with Gasteiger partial charge in [0.1, 0.15) is 17.1 Å². The first-order chi connectivity index (χ1) is 16.2. The third-order valence-electron chi connectivity index (χ3n) is 6.56. The predicted molar refractivity (Wildman–Crippen MR) is 144 cm³/mol. The van der Waals surface area contributed by atoms with Gasteiger partial charge in [0.2, 0.25) is 0 Å². The molecule has 1 aliphatic rings. The molecule has 0 fully saturated rings. The number of hydrogen-bond acceptors (Lipinski definition) is 3. The van der Waals surface area contributed by atoms with Gasteiger partial charge in [-0.2, -0.15) is 0 Å². The molecule has 3 aromatic carbocycles. The second-order valence-corrected chi connectivity index (χ2v) is 10.6. The lowest BCUT2D eigenvalue weighted by molar-refractivity contribution is 0.338. The number of nitrogens with zero attached hydrogens (tertiary/aromatic N) is 1. The fourth-order valence-electron chi connectivity index (χ4n) is 4.62.